The third kappa shape index (κ3) is 4.27. The number of rotatable bonds is 5. The van der Waals surface area contributed by atoms with Gasteiger partial charge in [-0.3, -0.25) is 9.52 Å². The highest BCUT2D eigenvalue weighted by molar-refractivity contribution is 7.92. The zero-order chi connectivity index (χ0) is 22.0. The Morgan fingerprint density at radius 2 is 1.84 bits per heavy atom. The van der Waals surface area contributed by atoms with Crippen LogP contribution in [-0.4, -0.2) is 52.6 Å². The van der Waals surface area contributed by atoms with Crippen molar-refractivity contribution in [1.82, 2.24) is 4.90 Å². The van der Waals surface area contributed by atoms with Gasteiger partial charge in [0.25, 0.3) is 15.9 Å². The smallest absolute Gasteiger partial charge is 0.262 e. The molecule has 1 unspecified atom stereocenters. The number of methoxy groups -OCH3 is 2. The van der Waals surface area contributed by atoms with Crippen LogP contribution in [0.4, 0.5) is 5.69 Å². The van der Waals surface area contributed by atoms with Crippen LogP contribution in [0.1, 0.15) is 36.0 Å². The number of carbonyl (C=O) groups is 1. The Labute approximate surface area is 182 Å². The first-order valence-electron chi connectivity index (χ1n) is 10.3. The fourth-order valence-electron chi connectivity index (χ4n) is 4.11. The minimum Gasteiger partial charge on any atom is -0.493 e. The van der Waals surface area contributed by atoms with Gasteiger partial charge in [0.15, 0.2) is 11.5 Å². The van der Waals surface area contributed by atoms with Crippen LogP contribution in [0.2, 0.25) is 0 Å². The zero-order valence-electron chi connectivity index (χ0n) is 17.6. The fourth-order valence-corrected chi connectivity index (χ4v) is 5.18. The normalized spacial score (nSPS) is 18.7. The lowest BCUT2D eigenvalue weighted by Gasteiger charge is -2.37. The van der Waals surface area contributed by atoms with E-state index < -0.39 is 10.0 Å². The van der Waals surface area contributed by atoms with E-state index in [-0.39, 0.29) is 16.8 Å². The summed E-state index contributed by atoms with van der Waals surface area (Å²) >= 11 is 0. The molecule has 1 fully saturated rings. The number of ether oxygens (including phenoxy) is 3. The van der Waals surface area contributed by atoms with Crippen LogP contribution >= 0.6 is 0 Å². The highest BCUT2D eigenvalue weighted by atomic mass is 32.2. The molecule has 2 aromatic carbocycles. The monoisotopic (exact) mass is 446 g/mol. The predicted octanol–water partition coefficient (Wildman–Crippen LogP) is 3.28. The maximum absolute atomic E-state index is 13.2. The predicted molar refractivity (Wildman–Crippen MR) is 116 cm³/mol. The fraction of sp³-hybridized carbons (Fsp3) is 0.409. The molecule has 0 saturated carbocycles. The van der Waals surface area contributed by atoms with Crippen LogP contribution in [0, 0.1) is 0 Å². The summed E-state index contributed by atoms with van der Waals surface area (Å²) in [6, 6.07) is 9.31. The van der Waals surface area contributed by atoms with Crippen LogP contribution in [0.5, 0.6) is 17.2 Å². The largest absolute Gasteiger partial charge is 0.493 e. The molecule has 31 heavy (non-hydrogen) atoms. The van der Waals surface area contributed by atoms with Crippen LogP contribution in [0.15, 0.2) is 41.3 Å². The van der Waals surface area contributed by atoms with E-state index in [0.717, 1.165) is 25.7 Å². The number of benzene rings is 2. The summed E-state index contributed by atoms with van der Waals surface area (Å²) < 4.78 is 44.6. The van der Waals surface area contributed by atoms with Crippen molar-refractivity contribution in [3.05, 3.63) is 42.0 Å². The number of sulfonamides is 1. The van der Waals surface area contributed by atoms with E-state index in [2.05, 4.69) is 4.72 Å². The molecule has 9 heteroatoms. The molecule has 2 aromatic rings. The topological polar surface area (TPSA) is 94.2 Å². The van der Waals surface area contributed by atoms with E-state index in [9.17, 15) is 13.2 Å². The van der Waals surface area contributed by atoms with Gasteiger partial charge in [-0.05, 0) is 49.6 Å². The number of carbonyl (C=O) groups excluding carboxylic acids is 1. The van der Waals surface area contributed by atoms with Gasteiger partial charge in [-0.25, -0.2) is 8.42 Å². The van der Waals surface area contributed by atoms with Crippen molar-refractivity contribution in [3.8, 4) is 17.2 Å². The Balaban J connectivity index is 1.63. The number of nitrogens with zero attached hydrogens (tertiary/aromatic N) is 1. The molecule has 0 aromatic heterocycles. The van der Waals surface area contributed by atoms with E-state index in [1.165, 1.54) is 32.4 Å². The number of amides is 1. The third-order valence-electron chi connectivity index (χ3n) is 5.72. The lowest BCUT2D eigenvalue weighted by molar-refractivity contribution is 0.0548. The Hall–Kier alpha value is -2.94. The molecular weight excluding hydrogens is 420 g/mol. The first-order valence-corrected chi connectivity index (χ1v) is 11.7. The second-order valence-electron chi connectivity index (χ2n) is 7.62. The molecule has 1 N–H and O–H groups in total. The Morgan fingerprint density at radius 1 is 1.03 bits per heavy atom. The van der Waals surface area contributed by atoms with Gasteiger partial charge in [-0.1, -0.05) is 0 Å². The van der Waals surface area contributed by atoms with Crippen LogP contribution < -0.4 is 18.9 Å². The lowest BCUT2D eigenvalue weighted by Crippen LogP contribution is -2.45. The average Bonchev–Trinajstić information content (AvgIpc) is 2.78. The second kappa shape index (κ2) is 8.66. The van der Waals surface area contributed by atoms with Gasteiger partial charge < -0.3 is 19.1 Å². The molecular formula is C22H26N2O6S. The minimum atomic E-state index is -3.91. The van der Waals surface area contributed by atoms with E-state index in [1.54, 1.807) is 18.2 Å². The molecule has 2 aliphatic heterocycles. The van der Waals surface area contributed by atoms with Crippen molar-refractivity contribution in [1.29, 1.82) is 0 Å². The van der Waals surface area contributed by atoms with Crippen LogP contribution in [0.25, 0.3) is 0 Å². The van der Waals surface area contributed by atoms with Gasteiger partial charge in [0.1, 0.15) is 5.75 Å². The molecule has 1 saturated heterocycles. The van der Waals surface area contributed by atoms with E-state index in [0.29, 0.717) is 41.7 Å². The quantitative estimate of drug-likeness (QED) is 0.758. The zero-order valence-corrected chi connectivity index (χ0v) is 18.4. The highest BCUT2D eigenvalue weighted by Crippen LogP contribution is 2.33. The minimum absolute atomic E-state index is 0.0237. The Bertz CT molecular complexity index is 1090. The molecule has 0 bridgehead atoms. The van der Waals surface area contributed by atoms with Gasteiger partial charge in [-0.2, -0.15) is 0 Å². The van der Waals surface area contributed by atoms with Crippen molar-refractivity contribution in [3.63, 3.8) is 0 Å². The number of piperidine rings is 1. The average molecular weight is 447 g/mol. The van der Waals surface area contributed by atoms with Gasteiger partial charge in [0.05, 0.1) is 31.3 Å². The molecule has 2 heterocycles. The number of nitrogens with one attached hydrogen (secondary N) is 1. The molecule has 166 valence electrons. The number of hydrogen-bond donors (Lipinski definition) is 1. The van der Waals surface area contributed by atoms with E-state index in [1.807, 2.05) is 4.90 Å². The lowest BCUT2D eigenvalue weighted by atomic mass is 9.97. The van der Waals surface area contributed by atoms with Crippen molar-refractivity contribution in [2.24, 2.45) is 0 Å². The summed E-state index contributed by atoms with van der Waals surface area (Å²) in [4.78, 5) is 15.1. The standard InChI is InChI=1S/C22H26N2O6S/c1-28-20-9-7-17(14-21(20)29-2)31(26,27)23-15-6-8-19-18(13-15)22(25)24-11-4-3-5-16(24)10-12-30-19/h6-9,13-14,16,23H,3-5,10-12H2,1-2H3. The maximum Gasteiger partial charge on any atom is 0.262 e. The van der Waals surface area contributed by atoms with Gasteiger partial charge in [-0.15, -0.1) is 0 Å². The number of anilines is 1. The molecule has 1 atom stereocenters. The molecule has 4 rings (SSSR count). The summed E-state index contributed by atoms with van der Waals surface area (Å²) in [5, 5.41) is 0. The summed E-state index contributed by atoms with van der Waals surface area (Å²) in [5.41, 5.74) is 0.665. The molecule has 8 nitrogen and oxygen atoms in total. The van der Waals surface area contributed by atoms with Crippen molar-refractivity contribution in [2.45, 2.75) is 36.6 Å². The number of fused-ring (bicyclic) bond motifs is 2. The molecule has 1 amide bonds. The van der Waals surface area contributed by atoms with E-state index >= 15 is 0 Å². The summed E-state index contributed by atoms with van der Waals surface area (Å²) in [6.07, 6.45) is 3.85. The second-order valence-corrected chi connectivity index (χ2v) is 9.30. The van der Waals surface area contributed by atoms with Gasteiger partial charge in [0, 0.05) is 30.8 Å². The summed E-state index contributed by atoms with van der Waals surface area (Å²) in [7, 11) is -0.985. The van der Waals surface area contributed by atoms with Crippen molar-refractivity contribution >= 4 is 21.6 Å². The highest BCUT2D eigenvalue weighted by Gasteiger charge is 2.31. The van der Waals surface area contributed by atoms with Crippen molar-refractivity contribution < 1.29 is 27.4 Å². The summed E-state index contributed by atoms with van der Waals surface area (Å²) in [5.74, 6) is 1.10. The molecule has 0 aliphatic carbocycles. The number of hydrogen-bond acceptors (Lipinski definition) is 6. The summed E-state index contributed by atoms with van der Waals surface area (Å²) in [6.45, 7) is 1.24. The maximum atomic E-state index is 13.2. The SMILES string of the molecule is COc1ccc(S(=O)(=O)Nc2ccc3c(c2)C(=O)N2CCCCC2CCO3)cc1OC. The third-order valence-corrected chi connectivity index (χ3v) is 7.10. The molecule has 2 aliphatic rings. The Kier molecular flexibility index (Phi) is 5.95. The van der Waals surface area contributed by atoms with Crippen LogP contribution in [-0.2, 0) is 10.0 Å². The van der Waals surface area contributed by atoms with Gasteiger partial charge in [0.2, 0.25) is 0 Å². The molecule has 0 spiro atoms. The van der Waals surface area contributed by atoms with Gasteiger partial charge >= 0.3 is 0 Å². The first kappa shape index (κ1) is 21.3. The van der Waals surface area contributed by atoms with Crippen molar-refractivity contribution in [2.75, 3.05) is 32.1 Å². The van der Waals surface area contributed by atoms with E-state index in [4.69, 9.17) is 14.2 Å². The molecule has 0 radical (unpaired) electrons. The van der Waals surface area contributed by atoms with Crippen LogP contribution in [0.3, 0.4) is 0 Å². The Morgan fingerprint density at radius 3 is 2.61 bits per heavy atom. The first-order chi connectivity index (χ1) is 14.9.